The lowest BCUT2D eigenvalue weighted by Gasteiger charge is -2.27. The number of rotatable bonds is 11. The number of carbonyl (C=O) groups excluding carboxylic acids is 2. The number of ketones is 1. The van der Waals surface area contributed by atoms with E-state index in [1.807, 2.05) is 25.1 Å². The number of carbonyl (C=O) groups is 2. The highest BCUT2D eigenvalue weighted by atomic mass is 16.5. The Kier molecular flexibility index (Phi) is 8.42. The van der Waals surface area contributed by atoms with Crippen LogP contribution in [-0.4, -0.2) is 88.7 Å². The molecule has 11 nitrogen and oxygen atoms in total. The van der Waals surface area contributed by atoms with Gasteiger partial charge in [0.15, 0.2) is 5.82 Å². The summed E-state index contributed by atoms with van der Waals surface area (Å²) in [4.78, 5) is 41.4. The number of aromatic nitrogens is 5. The predicted octanol–water partition coefficient (Wildman–Crippen LogP) is 2.48. The normalized spacial score (nSPS) is 14.6. The van der Waals surface area contributed by atoms with Crippen LogP contribution in [0.1, 0.15) is 32.6 Å². The van der Waals surface area contributed by atoms with Gasteiger partial charge in [-0.05, 0) is 24.8 Å². The summed E-state index contributed by atoms with van der Waals surface area (Å²) in [6, 6.07) is 6.10. The molecule has 1 aliphatic rings. The van der Waals surface area contributed by atoms with E-state index in [9.17, 15) is 9.59 Å². The summed E-state index contributed by atoms with van der Waals surface area (Å²) in [5, 5.41) is 8.05. The molecule has 0 unspecified atom stereocenters. The maximum Gasteiger partial charge on any atom is 0.321 e. The van der Waals surface area contributed by atoms with Gasteiger partial charge >= 0.3 is 6.01 Å². The minimum Gasteiger partial charge on any atom is -0.463 e. The third-order valence-electron chi connectivity index (χ3n) is 6.31. The Balaban J connectivity index is 1.46. The molecule has 0 aliphatic carbocycles. The molecule has 3 aromatic rings. The molecular weight excluding hydrogens is 462 g/mol. The number of ether oxygens (including phenoxy) is 2. The van der Waals surface area contributed by atoms with Crippen LogP contribution in [0.15, 0.2) is 24.4 Å². The van der Waals surface area contributed by atoms with Crippen molar-refractivity contribution < 1.29 is 19.1 Å². The van der Waals surface area contributed by atoms with Crippen LogP contribution in [0.4, 0.5) is 5.95 Å². The molecule has 4 rings (SSSR count). The molecule has 192 valence electrons. The Labute approximate surface area is 210 Å². The lowest BCUT2D eigenvalue weighted by molar-refractivity contribution is -0.143. The average molecular weight is 496 g/mol. The van der Waals surface area contributed by atoms with Crippen LogP contribution in [0.25, 0.3) is 22.3 Å². The molecule has 1 saturated heterocycles. The molecule has 2 aromatic heterocycles. The molecular formula is C25H33N7O4. The highest BCUT2D eigenvalue weighted by Crippen LogP contribution is 2.27. The van der Waals surface area contributed by atoms with E-state index < -0.39 is 5.91 Å². The van der Waals surface area contributed by atoms with Crippen LogP contribution in [0.5, 0.6) is 6.01 Å². The van der Waals surface area contributed by atoms with Gasteiger partial charge in [-0.25, -0.2) is 0 Å². The molecule has 3 heterocycles. The fraction of sp³-hybridized carbons (Fsp3) is 0.520. The molecule has 1 aliphatic heterocycles. The van der Waals surface area contributed by atoms with Crippen molar-refractivity contribution in [1.82, 2.24) is 30.0 Å². The van der Waals surface area contributed by atoms with Crippen molar-refractivity contribution in [1.29, 1.82) is 0 Å². The van der Waals surface area contributed by atoms with Crippen molar-refractivity contribution in [3.8, 4) is 17.4 Å². The Morgan fingerprint density at radius 2 is 2.00 bits per heavy atom. The molecule has 0 spiro atoms. The van der Waals surface area contributed by atoms with Gasteiger partial charge in [-0.1, -0.05) is 25.5 Å². The van der Waals surface area contributed by atoms with E-state index in [0.29, 0.717) is 51.1 Å². The maximum atomic E-state index is 12.2. The van der Waals surface area contributed by atoms with Gasteiger partial charge in [0.1, 0.15) is 0 Å². The summed E-state index contributed by atoms with van der Waals surface area (Å²) in [7, 11) is 3.19. The number of nitrogens with zero attached hydrogens (tertiary/aromatic N) is 6. The van der Waals surface area contributed by atoms with Gasteiger partial charge < -0.3 is 19.3 Å². The third kappa shape index (κ3) is 6.14. The van der Waals surface area contributed by atoms with Crippen molar-refractivity contribution in [2.24, 2.45) is 5.92 Å². The van der Waals surface area contributed by atoms with Crippen LogP contribution < -0.4 is 9.64 Å². The first kappa shape index (κ1) is 25.5. The van der Waals surface area contributed by atoms with Crippen molar-refractivity contribution in [3.05, 3.63) is 24.4 Å². The summed E-state index contributed by atoms with van der Waals surface area (Å²) in [6.45, 7) is 5.04. The summed E-state index contributed by atoms with van der Waals surface area (Å²) in [5.41, 5.74) is 1.74. The average Bonchev–Trinajstić information content (AvgIpc) is 3.39. The first-order chi connectivity index (χ1) is 17.5. The number of anilines is 1. The summed E-state index contributed by atoms with van der Waals surface area (Å²) < 4.78 is 11.5. The van der Waals surface area contributed by atoms with Crippen molar-refractivity contribution >= 4 is 28.5 Å². The molecule has 0 radical (unpaired) electrons. The largest absolute Gasteiger partial charge is 0.463 e. The minimum absolute atomic E-state index is 0.126. The zero-order chi connectivity index (χ0) is 25.5. The second kappa shape index (κ2) is 11.9. The van der Waals surface area contributed by atoms with Crippen molar-refractivity contribution in [2.45, 2.75) is 32.6 Å². The molecule has 0 bridgehead atoms. The Bertz CT molecular complexity index is 1190. The fourth-order valence-electron chi connectivity index (χ4n) is 4.18. The number of hydrogen-bond donors (Lipinski definition) is 1. The Morgan fingerprint density at radius 1 is 1.19 bits per heavy atom. The van der Waals surface area contributed by atoms with E-state index in [0.717, 1.165) is 29.3 Å². The zero-order valence-electron chi connectivity index (χ0n) is 21.1. The second-order valence-electron chi connectivity index (χ2n) is 9.07. The van der Waals surface area contributed by atoms with Crippen LogP contribution >= 0.6 is 0 Å². The Hall–Kier alpha value is -3.60. The lowest BCUT2D eigenvalue weighted by atomic mass is 9.94. The van der Waals surface area contributed by atoms with Gasteiger partial charge in [-0.3, -0.25) is 14.7 Å². The van der Waals surface area contributed by atoms with E-state index in [1.54, 1.807) is 20.3 Å². The number of hydrogen-bond acceptors (Lipinski definition) is 9. The number of likely N-dealkylation sites (N-methyl/N-ethyl adjacent to an activating group) is 1. The van der Waals surface area contributed by atoms with Crippen molar-refractivity contribution in [2.75, 3.05) is 51.9 Å². The molecule has 1 fully saturated rings. The predicted molar refractivity (Wildman–Crippen MR) is 135 cm³/mol. The summed E-state index contributed by atoms with van der Waals surface area (Å²) in [6.07, 6.45) is 4.31. The molecule has 11 heteroatoms. The van der Waals surface area contributed by atoms with E-state index in [4.69, 9.17) is 14.5 Å². The summed E-state index contributed by atoms with van der Waals surface area (Å²) >= 11 is 0. The molecule has 1 amide bonds. The quantitative estimate of drug-likeness (QED) is 0.315. The maximum absolute atomic E-state index is 12.2. The van der Waals surface area contributed by atoms with E-state index in [2.05, 4.69) is 25.1 Å². The molecule has 1 atom stereocenters. The van der Waals surface area contributed by atoms with Gasteiger partial charge in [0.25, 0.3) is 5.91 Å². The van der Waals surface area contributed by atoms with Crippen LogP contribution in [0.3, 0.4) is 0 Å². The van der Waals surface area contributed by atoms with E-state index in [1.165, 1.54) is 4.90 Å². The van der Waals surface area contributed by atoms with E-state index >= 15 is 0 Å². The topological polar surface area (TPSA) is 126 Å². The Morgan fingerprint density at radius 3 is 2.75 bits per heavy atom. The first-order valence-electron chi connectivity index (χ1n) is 12.3. The zero-order valence-corrected chi connectivity index (χ0v) is 21.1. The number of aromatic amines is 1. The third-order valence-corrected chi connectivity index (χ3v) is 6.31. The minimum atomic E-state index is -0.453. The number of morpholine rings is 1. The number of nitrogens with one attached hydrogen (secondary N) is 1. The van der Waals surface area contributed by atoms with E-state index in [-0.39, 0.29) is 24.1 Å². The number of fused-ring (bicyclic) bond motifs is 1. The number of benzene rings is 1. The number of amides is 1. The van der Waals surface area contributed by atoms with Gasteiger partial charge in [0, 0.05) is 44.6 Å². The fourth-order valence-corrected chi connectivity index (χ4v) is 4.18. The summed E-state index contributed by atoms with van der Waals surface area (Å²) in [5.74, 6) is 0.399. The van der Waals surface area contributed by atoms with Crippen LogP contribution in [0.2, 0.25) is 0 Å². The monoisotopic (exact) mass is 495 g/mol. The molecule has 1 N–H and O–H groups in total. The molecule has 1 aromatic carbocycles. The number of H-pyrrole nitrogens is 1. The lowest BCUT2D eigenvalue weighted by Crippen LogP contribution is -2.37. The van der Waals surface area contributed by atoms with Gasteiger partial charge in [0.2, 0.25) is 11.7 Å². The number of Topliss-reactive ketones (excluding diaryl/α,β-unsaturated/α-hetero) is 1. The SMILES string of the molecule is CC[C@H](CCCOc1nc(-c2cccc3[nH]ncc23)nc(N2CCOCC2)n1)CC(=O)C(=O)N(C)C. The highest BCUT2D eigenvalue weighted by Gasteiger charge is 2.21. The standard InChI is InChI=1S/C25H33N7O4/c1-4-17(15-21(33)23(34)31(2)3)7-6-12-36-25-28-22(18-8-5-9-20-19(18)16-26-30-20)27-24(29-25)32-10-13-35-14-11-32/h5,8-9,16-17H,4,6-7,10-15H2,1-3H3,(H,26,30)/t17-/m1/s1. The smallest absolute Gasteiger partial charge is 0.321 e. The van der Waals surface area contributed by atoms with Crippen LogP contribution in [0, 0.1) is 5.92 Å². The molecule has 0 saturated carbocycles. The van der Waals surface area contributed by atoms with Crippen molar-refractivity contribution in [3.63, 3.8) is 0 Å². The van der Waals surface area contributed by atoms with Gasteiger partial charge in [-0.2, -0.15) is 20.1 Å². The first-order valence-corrected chi connectivity index (χ1v) is 12.3. The second-order valence-corrected chi connectivity index (χ2v) is 9.07. The highest BCUT2D eigenvalue weighted by molar-refractivity contribution is 6.35. The van der Waals surface area contributed by atoms with Gasteiger partial charge in [0.05, 0.1) is 31.5 Å². The van der Waals surface area contributed by atoms with Gasteiger partial charge in [-0.15, -0.1) is 0 Å². The molecule has 36 heavy (non-hydrogen) atoms. The van der Waals surface area contributed by atoms with Crippen LogP contribution in [-0.2, 0) is 14.3 Å².